The molecule has 1 unspecified atom stereocenters. The van der Waals surface area contributed by atoms with E-state index in [1.54, 1.807) is 0 Å². The summed E-state index contributed by atoms with van der Waals surface area (Å²) in [6.45, 7) is 12.9. The maximum atomic E-state index is 3.43. The third kappa shape index (κ3) is 5.43. The van der Waals surface area contributed by atoms with Crippen molar-refractivity contribution in [3.05, 3.63) is 59.2 Å². The van der Waals surface area contributed by atoms with E-state index in [1.165, 1.54) is 16.7 Å². The van der Waals surface area contributed by atoms with Crippen LogP contribution in [-0.2, 0) is 5.41 Å². The van der Waals surface area contributed by atoms with Crippen LogP contribution < -0.4 is 10.6 Å². The molecule has 2 N–H and O–H groups in total. The molecular formula is C20H32N2. The fourth-order valence-corrected chi connectivity index (χ4v) is 2.48. The summed E-state index contributed by atoms with van der Waals surface area (Å²) in [4.78, 5) is 0. The van der Waals surface area contributed by atoms with Crippen LogP contribution >= 0.6 is 0 Å². The first-order valence-electron chi connectivity index (χ1n) is 8.25. The third-order valence-electron chi connectivity index (χ3n) is 3.89. The fourth-order valence-electron chi connectivity index (χ4n) is 2.48. The minimum atomic E-state index is 0.197. The molecule has 1 atom stereocenters. The van der Waals surface area contributed by atoms with Crippen molar-refractivity contribution in [2.75, 3.05) is 20.1 Å². The average Bonchev–Trinajstić information content (AvgIpc) is 2.50. The van der Waals surface area contributed by atoms with Crippen LogP contribution in [0.1, 0.15) is 51.8 Å². The first kappa shape index (κ1) is 18.7. The molecule has 0 amide bonds. The number of allylic oxidation sites excluding steroid dienone is 1. The topological polar surface area (TPSA) is 24.1 Å². The van der Waals surface area contributed by atoms with Gasteiger partial charge in [-0.05, 0) is 42.6 Å². The van der Waals surface area contributed by atoms with Crippen molar-refractivity contribution in [3.63, 3.8) is 0 Å². The molecule has 0 aliphatic heterocycles. The third-order valence-corrected chi connectivity index (χ3v) is 3.89. The van der Waals surface area contributed by atoms with E-state index in [1.807, 2.05) is 7.05 Å². The van der Waals surface area contributed by atoms with E-state index in [0.717, 1.165) is 13.1 Å². The molecular weight excluding hydrogens is 268 g/mol. The van der Waals surface area contributed by atoms with Crippen molar-refractivity contribution < 1.29 is 0 Å². The summed E-state index contributed by atoms with van der Waals surface area (Å²) in [5, 5.41) is 6.74. The van der Waals surface area contributed by atoms with Gasteiger partial charge in [0.1, 0.15) is 0 Å². The second-order valence-electron chi connectivity index (χ2n) is 6.59. The number of likely N-dealkylation sites (N-methyl/N-ethyl adjacent to an activating group) is 2. The van der Waals surface area contributed by atoms with Gasteiger partial charge in [0.05, 0.1) is 6.04 Å². The molecule has 0 saturated carbocycles. The first-order valence-corrected chi connectivity index (χ1v) is 8.25. The van der Waals surface area contributed by atoms with E-state index >= 15 is 0 Å². The van der Waals surface area contributed by atoms with Crippen LogP contribution in [0.25, 0.3) is 0 Å². The summed E-state index contributed by atoms with van der Waals surface area (Å²) in [6, 6.07) is 9.20. The van der Waals surface area contributed by atoms with Crippen LogP contribution in [-0.4, -0.2) is 20.1 Å². The minimum absolute atomic E-state index is 0.197. The maximum Gasteiger partial charge on any atom is 0.0570 e. The highest BCUT2D eigenvalue weighted by molar-refractivity contribution is 5.37. The normalized spacial score (nSPS) is 14.5. The highest BCUT2D eigenvalue weighted by Gasteiger charge is 2.16. The summed E-state index contributed by atoms with van der Waals surface area (Å²) in [5.74, 6) is 0. The largest absolute Gasteiger partial charge is 0.314 e. The van der Waals surface area contributed by atoms with Gasteiger partial charge >= 0.3 is 0 Å². The highest BCUT2D eigenvalue weighted by Crippen LogP contribution is 2.27. The lowest BCUT2D eigenvalue weighted by Gasteiger charge is -2.22. The van der Waals surface area contributed by atoms with Gasteiger partial charge in [-0.15, -0.1) is 0 Å². The summed E-state index contributed by atoms with van der Waals surface area (Å²) in [5.41, 5.74) is 4.17. The SMILES string of the molecule is C/C=C(\C=C/CNCC)C(NC)c1ccc(C(C)(C)C)cc1. The number of hydrogen-bond donors (Lipinski definition) is 2. The van der Waals surface area contributed by atoms with E-state index in [-0.39, 0.29) is 11.5 Å². The Labute approximate surface area is 136 Å². The Balaban J connectivity index is 2.92. The van der Waals surface area contributed by atoms with Crippen LogP contribution in [0.2, 0.25) is 0 Å². The summed E-state index contributed by atoms with van der Waals surface area (Å²) in [7, 11) is 2.02. The molecule has 2 nitrogen and oxygen atoms in total. The summed E-state index contributed by atoms with van der Waals surface area (Å²) in [6.07, 6.45) is 6.58. The zero-order valence-electron chi connectivity index (χ0n) is 15.0. The van der Waals surface area contributed by atoms with E-state index < -0.39 is 0 Å². The Bertz CT molecular complexity index is 489. The Morgan fingerprint density at radius 2 is 1.82 bits per heavy atom. The van der Waals surface area contributed by atoms with Crippen LogP contribution in [0.5, 0.6) is 0 Å². The van der Waals surface area contributed by atoms with Gasteiger partial charge in [-0.1, -0.05) is 70.2 Å². The van der Waals surface area contributed by atoms with Crippen LogP contribution in [0.3, 0.4) is 0 Å². The van der Waals surface area contributed by atoms with Gasteiger partial charge in [-0.2, -0.15) is 0 Å². The molecule has 0 fully saturated rings. The molecule has 0 aromatic heterocycles. The molecule has 0 bridgehead atoms. The lowest BCUT2D eigenvalue weighted by atomic mass is 9.85. The van der Waals surface area contributed by atoms with Gasteiger partial charge in [0.15, 0.2) is 0 Å². The molecule has 2 heteroatoms. The molecule has 0 aliphatic rings. The zero-order valence-corrected chi connectivity index (χ0v) is 15.0. The van der Waals surface area contributed by atoms with Crippen LogP contribution in [0.15, 0.2) is 48.1 Å². The quantitative estimate of drug-likeness (QED) is 0.577. The minimum Gasteiger partial charge on any atom is -0.314 e. The predicted octanol–water partition coefficient (Wildman–Crippen LogP) is 4.36. The van der Waals surface area contributed by atoms with E-state index in [4.69, 9.17) is 0 Å². The van der Waals surface area contributed by atoms with Crippen LogP contribution in [0, 0.1) is 0 Å². The average molecular weight is 300 g/mol. The first-order chi connectivity index (χ1) is 10.4. The molecule has 0 heterocycles. The summed E-state index contributed by atoms with van der Waals surface area (Å²) >= 11 is 0. The second-order valence-corrected chi connectivity index (χ2v) is 6.59. The monoisotopic (exact) mass is 300 g/mol. The van der Waals surface area contributed by atoms with Gasteiger partial charge in [0, 0.05) is 6.54 Å². The molecule has 122 valence electrons. The van der Waals surface area contributed by atoms with Gasteiger partial charge in [-0.3, -0.25) is 0 Å². The van der Waals surface area contributed by atoms with Crippen molar-refractivity contribution in [1.29, 1.82) is 0 Å². The van der Waals surface area contributed by atoms with E-state index in [0.29, 0.717) is 0 Å². The van der Waals surface area contributed by atoms with Crippen molar-refractivity contribution in [1.82, 2.24) is 10.6 Å². The predicted molar refractivity (Wildman–Crippen MR) is 98.4 cm³/mol. The standard InChI is InChI=1S/C20H32N2/c1-7-16(10-9-15-22-8-2)19(21-6)17-11-13-18(14-12-17)20(3,4)5/h7,9-14,19,21-22H,8,15H2,1-6H3/b10-9-,16-7+. The fraction of sp³-hybridized carbons (Fsp3) is 0.500. The number of nitrogens with one attached hydrogen (secondary N) is 2. The summed E-state index contributed by atoms with van der Waals surface area (Å²) < 4.78 is 0. The lowest BCUT2D eigenvalue weighted by Crippen LogP contribution is -2.19. The van der Waals surface area contributed by atoms with E-state index in [2.05, 4.69) is 87.7 Å². The molecule has 0 aliphatic carbocycles. The Kier molecular flexibility index (Phi) is 7.57. The Morgan fingerprint density at radius 3 is 2.27 bits per heavy atom. The molecule has 1 aromatic carbocycles. The van der Waals surface area contributed by atoms with Gasteiger partial charge < -0.3 is 10.6 Å². The molecule has 22 heavy (non-hydrogen) atoms. The second kappa shape index (κ2) is 8.92. The number of hydrogen-bond acceptors (Lipinski definition) is 2. The molecule has 0 saturated heterocycles. The number of rotatable bonds is 7. The van der Waals surface area contributed by atoms with Gasteiger partial charge in [0.25, 0.3) is 0 Å². The van der Waals surface area contributed by atoms with Crippen molar-refractivity contribution in [2.45, 2.75) is 46.1 Å². The van der Waals surface area contributed by atoms with Gasteiger partial charge in [0.2, 0.25) is 0 Å². The van der Waals surface area contributed by atoms with Crippen molar-refractivity contribution in [2.24, 2.45) is 0 Å². The Hall–Kier alpha value is -1.38. The van der Waals surface area contributed by atoms with Crippen LogP contribution in [0.4, 0.5) is 0 Å². The highest BCUT2D eigenvalue weighted by atomic mass is 14.9. The smallest absolute Gasteiger partial charge is 0.0570 e. The molecule has 0 radical (unpaired) electrons. The van der Waals surface area contributed by atoms with Gasteiger partial charge in [-0.25, -0.2) is 0 Å². The van der Waals surface area contributed by atoms with Crippen molar-refractivity contribution in [3.8, 4) is 0 Å². The Morgan fingerprint density at radius 1 is 1.18 bits per heavy atom. The zero-order chi connectivity index (χ0) is 16.6. The lowest BCUT2D eigenvalue weighted by molar-refractivity contribution is 0.589. The maximum absolute atomic E-state index is 3.43. The molecule has 1 aromatic rings. The van der Waals surface area contributed by atoms with E-state index in [9.17, 15) is 0 Å². The molecule has 0 spiro atoms. The number of benzene rings is 1. The van der Waals surface area contributed by atoms with Crippen molar-refractivity contribution >= 4 is 0 Å². The molecule has 1 rings (SSSR count).